The van der Waals surface area contributed by atoms with Gasteiger partial charge >= 0.3 is 0 Å². The molecule has 1 aliphatic rings. The second-order valence-electron chi connectivity index (χ2n) is 7.62. The fourth-order valence-electron chi connectivity index (χ4n) is 4.07. The van der Waals surface area contributed by atoms with E-state index in [1.165, 1.54) is 20.6 Å². The van der Waals surface area contributed by atoms with Crippen LogP contribution in [0.25, 0.3) is 11.0 Å². The molecule has 0 saturated carbocycles. The monoisotopic (exact) mass is 445 g/mol. The van der Waals surface area contributed by atoms with E-state index in [0.717, 1.165) is 42.2 Å². The Balaban J connectivity index is 1.59. The number of aromatic nitrogens is 3. The first-order valence-electron chi connectivity index (χ1n) is 10.0. The molecule has 0 radical (unpaired) electrons. The molecule has 1 amide bonds. The van der Waals surface area contributed by atoms with Crippen LogP contribution >= 0.6 is 11.3 Å². The lowest BCUT2D eigenvalue weighted by molar-refractivity contribution is -0.116. The number of carbonyl (C=O) groups is 1. The highest BCUT2D eigenvalue weighted by Gasteiger charge is 2.23. The Morgan fingerprint density at radius 3 is 2.84 bits per heavy atom. The Morgan fingerprint density at radius 1 is 1.39 bits per heavy atom. The van der Waals surface area contributed by atoms with Gasteiger partial charge in [-0.05, 0) is 38.2 Å². The minimum absolute atomic E-state index is 0.00584. The van der Waals surface area contributed by atoms with Crippen molar-refractivity contribution in [3.05, 3.63) is 43.7 Å². The molecule has 1 N–H and O–H groups in total. The minimum Gasteiger partial charge on any atom is -0.317 e. The quantitative estimate of drug-likeness (QED) is 0.646. The standard InChI is InChI=1S/C21H21F2N5O2S/c1-11-18-13(19(22)23)9-17(30)28(20(18)26-27(11)2)8-7-16(29)25-21-14(10-24)12-5-3-4-6-15(12)31-21/h9,19H,3-8H2,1-2H3,(H,25,29). The molecule has 3 aromatic heterocycles. The molecule has 162 valence electrons. The lowest BCUT2D eigenvalue weighted by Crippen LogP contribution is -2.24. The summed E-state index contributed by atoms with van der Waals surface area (Å²) in [7, 11) is 1.62. The van der Waals surface area contributed by atoms with Gasteiger partial charge in [-0.15, -0.1) is 11.3 Å². The Bertz CT molecular complexity index is 1280. The van der Waals surface area contributed by atoms with E-state index in [9.17, 15) is 23.6 Å². The number of halogens is 2. The number of alkyl halides is 2. The van der Waals surface area contributed by atoms with Crippen molar-refractivity contribution in [1.29, 1.82) is 5.26 Å². The Kier molecular flexibility index (Phi) is 5.62. The second kappa shape index (κ2) is 8.23. The van der Waals surface area contributed by atoms with E-state index in [-0.39, 0.29) is 35.5 Å². The number of nitrogens with zero attached hydrogens (tertiary/aromatic N) is 4. The molecule has 31 heavy (non-hydrogen) atoms. The topological polar surface area (TPSA) is 92.7 Å². The molecule has 7 nitrogen and oxygen atoms in total. The molecule has 1 aliphatic carbocycles. The maximum Gasteiger partial charge on any atom is 0.264 e. The predicted molar refractivity (Wildman–Crippen MR) is 114 cm³/mol. The Labute approximate surface area is 180 Å². The van der Waals surface area contributed by atoms with E-state index in [4.69, 9.17) is 0 Å². The fraction of sp³-hybridized carbons (Fsp3) is 0.429. The van der Waals surface area contributed by atoms with E-state index in [1.54, 1.807) is 14.0 Å². The van der Waals surface area contributed by atoms with Crippen LogP contribution in [-0.4, -0.2) is 20.3 Å². The third-order valence-corrected chi connectivity index (χ3v) is 6.95. The van der Waals surface area contributed by atoms with Crippen LogP contribution in [-0.2, 0) is 31.2 Å². The summed E-state index contributed by atoms with van der Waals surface area (Å²) < 4.78 is 29.6. The molecule has 3 heterocycles. The number of hydrogen-bond acceptors (Lipinski definition) is 5. The van der Waals surface area contributed by atoms with Crippen LogP contribution in [0.2, 0.25) is 0 Å². The highest BCUT2D eigenvalue weighted by Crippen LogP contribution is 2.37. The van der Waals surface area contributed by atoms with E-state index in [2.05, 4.69) is 16.5 Å². The lowest BCUT2D eigenvalue weighted by atomic mass is 9.96. The number of pyridine rings is 1. The van der Waals surface area contributed by atoms with Gasteiger partial charge in [-0.3, -0.25) is 18.8 Å². The maximum absolute atomic E-state index is 13.4. The van der Waals surface area contributed by atoms with Crippen molar-refractivity contribution in [2.24, 2.45) is 7.05 Å². The minimum atomic E-state index is -2.80. The van der Waals surface area contributed by atoms with Crippen molar-refractivity contribution >= 4 is 33.3 Å². The number of rotatable bonds is 5. The summed E-state index contributed by atoms with van der Waals surface area (Å²) in [5.41, 5.74) is 1.23. The van der Waals surface area contributed by atoms with Gasteiger partial charge in [0.15, 0.2) is 5.65 Å². The number of hydrogen-bond donors (Lipinski definition) is 1. The van der Waals surface area contributed by atoms with Crippen LogP contribution in [0, 0.1) is 18.3 Å². The van der Waals surface area contributed by atoms with E-state index in [0.29, 0.717) is 16.3 Å². The summed E-state index contributed by atoms with van der Waals surface area (Å²) in [5.74, 6) is -0.347. The van der Waals surface area contributed by atoms with Crippen LogP contribution < -0.4 is 10.9 Å². The van der Waals surface area contributed by atoms with E-state index < -0.39 is 12.0 Å². The number of nitrogens with one attached hydrogen (secondary N) is 1. The lowest BCUT2D eigenvalue weighted by Gasteiger charge is -2.10. The molecule has 10 heteroatoms. The van der Waals surface area contributed by atoms with Gasteiger partial charge < -0.3 is 5.32 Å². The third-order valence-electron chi connectivity index (χ3n) is 5.74. The van der Waals surface area contributed by atoms with Crippen LogP contribution in [0.15, 0.2) is 10.9 Å². The van der Waals surface area contributed by atoms with Crippen molar-refractivity contribution in [3.8, 4) is 6.07 Å². The third kappa shape index (κ3) is 3.74. The largest absolute Gasteiger partial charge is 0.317 e. The van der Waals surface area contributed by atoms with Crippen molar-refractivity contribution in [1.82, 2.24) is 14.3 Å². The number of thiophene rings is 1. The van der Waals surface area contributed by atoms with Crippen LogP contribution in [0.3, 0.4) is 0 Å². The maximum atomic E-state index is 13.4. The van der Waals surface area contributed by atoms with Crippen molar-refractivity contribution in [2.75, 3.05) is 5.32 Å². The molecule has 0 bridgehead atoms. The average Bonchev–Trinajstić information content (AvgIpc) is 3.23. The Hall–Kier alpha value is -3.06. The zero-order chi connectivity index (χ0) is 22.3. The van der Waals surface area contributed by atoms with Gasteiger partial charge in [-0.25, -0.2) is 8.78 Å². The predicted octanol–water partition coefficient (Wildman–Crippen LogP) is 3.82. The Morgan fingerprint density at radius 2 is 2.13 bits per heavy atom. The summed E-state index contributed by atoms with van der Waals surface area (Å²) in [6.07, 6.45) is 1.00. The zero-order valence-electron chi connectivity index (χ0n) is 17.2. The van der Waals surface area contributed by atoms with Gasteiger partial charge in [0.25, 0.3) is 12.0 Å². The summed E-state index contributed by atoms with van der Waals surface area (Å²) in [6.45, 7) is 1.65. The summed E-state index contributed by atoms with van der Waals surface area (Å²) in [6, 6.07) is 3.12. The van der Waals surface area contributed by atoms with Gasteiger partial charge in [0.05, 0.1) is 5.56 Å². The van der Waals surface area contributed by atoms with Crippen molar-refractivity contribution < 1.29 is 13.6 Å². The van der Waals surface area contributed by atoms with Crippen LogP contribution in [0.5, 0.6) is 0 Å². The normalized spacial score (nSPS) is 13.4. The highest BCUT2D eigenvalue weighted by atomic mass is 32.1. The highest BCUT2D eigenvalue weighted by molar-refractivity contribution is 7.16. The first-order chi connectivity index (χ1) is 14.8. The molecule has 0 aromatic carbocycles. The van der Waals surface area contributed by atoms with Crippen LogP contribution in [0.4, 0.5) is 13.8 Å². The molecule has 3 aromatic rings. The molecule has 0 saturated heterocycles. The molecule has 0 aliphatic heterocycles. The molecule has 0 unspecified atom stereocenters. The van der Waals surface area contributed by atoms with Crippen LogP contribution in [0.1, 0.15) is 52.9 Å². The zero-order valence-corrected chi connectivity index (χ0v) is 18.0. The smallest absolute Gasteiger partial charge is 0.264 e. The number of nitriles is 1. The molecule has 0 fully saturated rings. The second-order valence-corrected chi connectivity index (χ2v) is 8.73. The first-order valence-corrected chi connectivity index (χ1v) is 10.8. The first kappa shape index (κ1) is 21.2. The molecular formula is C21H21F2N5O2S. The van der Waals surface area contributed by atoms with Gasteiger partial charge in [0.2, 0.25) is 5.91 Å². The van der Waals surface area contributed by atoms with Gasteiger partial charge in [0, 0.05) is 47.6 Å². The molecule has 0 spiro atoms. The van der Waals surface area contributed by atoms with Gasteiger partial charge in [-0.2, -0.15) is 10.4 Å². The summed E-state index contributed by atoms with van der Waals surface area (Å²) >= 11 is 1.43. The fourth-order valence-corrected chi connectivity index (χ4v) is 5.32. The molecular weight excluding hydrogens is 424 g/mol. The number of aryl methyl sites for hydroxylation is 4. The van der Waals surface area contributed by atoms with E-state index >= 15 is 0 Å². The average molecular weight is 445 g/mol. The molecule has 4 rings (SSSR count). The SMILES string of the molecule is Cc1c2c(C(F)F)cc(=O)n(CCC(=O)Nc3sc4c(c3C#N)CCCC4)c2nn1C. The van der Waals surface area contributed by atoms with Gasteiger partial charge in [0.1, 0.15) is 11.1 Å². The number of anilines is 1. The van der Waals surface area contributed by atoms with Crippen molar-refractivity contribution in [3.63, 3.8) is 0 Å². The number of fused-ring (bicyclic) bond motifs is 2. The number of carbonyl (C=O) groups excluding carboxylic acids is 1. The number of amides is 1. The van der Waals surface area contributed by atoms with Crippen molar-refractivity contribution in [2.45, 2.75) is 52.0 Å². The van der Waals surface area contributed by atoms with E-state index in [1.807, 2.05) is 0 Å². The summed E-state index contributed by atoms with van der Waals surface area (Å²) in [4.78, 5) is 26.2. The molecule has 0 atom stereocenters. The van der Waals surface area contributed by atoms with Gasteiger partial charge in [-0.1, -0.05) is 0 Å². The summed E-state index contributed by atoms with van der Waals surface area (Å²) in [5, 5.41) is 17.3.